The summed E-state index contributed by atoms with van der Waals surface area (Å²) in [5.74, 6) is 1.09. The Morgan fingerprint density at radius 2 is 1.90 bits per heavy atom. The topological polar surface area (TPSA) is 3.01 Å². The van der Waals surface area contributed by atoms with E-state index in [9.17, 15) is 0 Å². The summed E-state index contributed by atoms with van der Waals surface area (Å²) in [5, 5.41) is 0. The first-order valence-corrected chi connectivity index (χ1v) is 11.7. The van der Waals surface area contributed by atoms with Crippen molar-refractivity contribution < 1.29 is 0 Å². The summed E-state index contributed by atoms with van der Waals surface area (Å²) in [6.45, 7) is 8.38. The van der Waals surface area contributed by atoms with Crippen molar-refractivity contribution in [2.45, 2.75) is 39.5 Å². The molecule has 3 aliphatic rings. The van der Waals surface area contributed by atoms with Crippen LogP contribution in [-0.4, -0.2) is 24.5 Å². The predicted molar refractivity (Wildman–Crippen MR) is 130 cm³/mol. The molecule has 156 valence electrons. The van der Waals surface area contributed by atoms with E-state index in [4.69, 9.17) is 0 Å². The van der Waals surface area contributed by atoms with Crippen LogP contribution in [0.5, 0.6) is 0 Å². The zero-order chi connectivity index (χ0) is 20.8. The second-order valence-corrected chi connectivity index (χ2v) is 8.79. The second kappa shape index (κ2) is 10.1. The quantitative estimate of drug-likeness (QED) is 0.442. The molecule has 1 saturated heterocycles. The molecule has 1 aromatic carbocycles. The lowest BCUT2D eigenvalue weighted by Gasteiger charge is -2.24. The van der Waals surface area contributed by atoms with Gasteiger partial charge in [-0.3, -0.25) is 0 Å². The van der Waals surface area contributed by atoms with Gasteiger partial charge in [-0.2, -0.15) is 0 Å². The Morgan fingerprint density at radius 3 is 2.63 bits per heavy atom. The van der Waals surface area contributed by atoms with Crippen LogP contribution in [0, 0.1) is 11.8 Å². The van der Waals surface area contributed by atoms with E-state index >= 15 is 0 Å². The highest BCUT2D eigenvalue weighted by molar-refractivity contribution is 5.81. The Morgan fingerprint density at radius 1 is 1.07 bits per heavy atom. The Balaban J connectivity index is 1.85. The SMILES string of the molecule is CCC1C=CC=CC/C1=C/C(=C(\CCN1CC1)C1=CC=CCC1C)c1ccccc1. The van der Waals surface area contributed by atoms with Gasteiger partial charge in [0, 0.05) is 19.6 Å². The molecule has 2 unspecified atom stereocenters. The molecular weight excluding hydrogens is 362 g/mol. The van der Waals surface area contributed by atoms with Gasteiger partial charge in [0.15, 0.2) is 0 Å². The average Bonchev–Trinajstić information content (AvgIpc) is 3.62. The van der Waals surface area contributed by atoms with Crippen molar-refractivity contribution >= 4 is 5.57 Å². The van der Waals surface area contributed by atoms with E-state index in [2.05, 4.69) is 97.7 Å². The lowest BCUT2D eigenvalue weighted by Crippen LogP contribution is -2.11. The van der Waals surface area contributed by atoms with Crippen molar-refractivity contribution in [3.8, 4) is 0 Å². The second-order valence-electron chi connectivity index (χ2n) is 8.79. The molecule has 30 heavy (non-hydrogen) atoms. The fraction of sp³-hybridized carbons (Fsp3) is 0.379. The van der Waals surface area contributed by atoms with Crippen LogP contribution >= 0.6 is 0 Å². The van der Waals surface area contributed by atoms with Crippen molar-refractivity contribution in [2.24, 2.45) is 11.8 Å². The van der Waals surface area contributed by atoms with Crippen molar-refractivity contribution in [2.75, 3.05) is 19.6 Å². The van der Waals surface area contributed by atoms with Gasteiger partial charge in [-0.05, 0) is 59.8 Å². The Kier molecular flexibility index (Phi) is 7.02. The van der Waals surface area contributed by atoms with E-state index in [1.807, 2.05) is 0 Å². The molecule has 1 aliphatic heterocycles. The summed E-state index contributed by atoms with van der Waals surface area (Å²) in [4.78, 5) is 2.55. The molecule has 1 heteroatoms. The molecule has 2 aliphatic carbocycles. The first-order valence-electron chi connectivity index (χ1n) is 11.7. The molecule has 0 bridgehead atoms. The molecule has 0 N–H and O–H groups in total. The highest BCUT2D eigenvalue weighted by atomic mass is 15.2. The molecule has 2 atom stereocenters. The molecule has 0 aromatic heterocycles. The van der Waals surface area contributed by atoms with Gasteiger partial charge < -0.3 is 4.90 Å². The summed E-state index contributed by atoms with van der Waals surface area (Å²) in [5.41, 5.74) is 7.39. The third kappa shape index (κ3) is 5.21. The zero-order valence-electron chi connectivity index (χ0n) is 18.6. The van der Waals surface area contributed by atoms with Crippen LogP contribution in [0.25, 0.3) is 5.57 Å². The molecule has 1 heterocycles. The van der Waals surface area contributed by atoms with Gasteiger partial charge in [-0.15, -0.1) is 0 Å². The largest absolute Gasteiger partial charge is 0.300 e. The summed E-state index contributed by atoms with van der Waals surface area (Å²) >= 11 is 0. The smallest absolute Gasteiger partial charge is 0.0110 e. The average molecular weight is 398 g/mol. The molecule has 1 fully saturated rings. The summed E-state index contributed by atoms with van der Waals surface area (Å²) in [6.07, 6.45) is 23.0. The van der Waals surface area contributed by atoms with Gasteiger partial charge in [-0.25, -0.2) is 0 Å². The van der Waals surface area contributed by atoms with Crippen LogP contribution < -0.4 is 0 Å². The molecule has 1 nitrogen and oxygen atoms in total. The maximum Gasteiger partial charge on any atom is 0.0110 e. The normalized spacial score (nSPS) is 25.8. The fourth-order valence-corrected chi connectivity index (χ4v) is 4.61. The van der Waals surface area contributed by atoms with Gasteiger partial charge in [-0.1, -0.05) is 98.4 Å². The van der Waals surface area contributed by atoms with Crippen LogP contribution in [0.15, 0.2) is 95.7 Å². The number of hydrogen-bond donors (Lipinski definition) is 0. The van der Waals surface area contributed by atoms with Crippen LogP contribution in [0.1, 0.15) is 45.1 Å². The standard InChI is InChI=1S/C29H35N/c1-3-24-13-6-4-9-16-26(24)22-29(25-14-7-5-8-15-25)28(18-19-30-20-21-30)27-17-11-10-12-23(27)2/h4-11,13-15,17,22-24H,3,12,16,18-21H2,1-2H3/b26-22-,29-28-. The van der Waals surface area contributed by atoms with Gasteiger partial charge in [0.2, 0.25) is 0 Å². The highest BCUT2D eigenvalue weighted by Crippen LogP contribution is 2.37. The van der Waals surface area contributed by atoms with Gasteiger partial charge in [0.1, 0.15) is 0 Å². The van der Waals surface area contributed by atoms with Crippen LogP contribution in [0.2, 0.25) is 0 Å². The predicted octanol–water partition coefficient (Wildman–Crippen LogP) is 7.14. The summed E-state index contributed by atoms with van der Waals surface area (Å²) < 4.78 is 0. The van der Waals surface area contributed by atoms with Crippen molar-refractivity contribution in [3.05, 3.63) is 101 Å². The lowest BCUT2D eigenvalue weighted by atomic mass is 9.81. The molecule has 0 spiro atoms. The van der Waals surface area contributed by atoms with Crippen LogP contribution in [-0.2, 0) is 0 Å². The minimum absolute atomic E-state index is 0.518. The molecular formula is C29H35N. The van der Waals surface area contributed by atoms with Gasteiger partial charge >= 0.3 is 0 Å². The molecule has 4 rings (SSSR count). The molecule has 0 amide bonds. The number of rotatable bonds is 7. The summed E-state index contributed by atoms with van der Waals surface area (Å²) in [7, 11) is 0. The van der Waals surface area contributed by atoms with Crippen LogP contribution in [0.4, 0.5) is 0 Å². The maximum absolute atomic E-state index is 2.55. The number of benzene rings is 1. The van der Waals surface area contributed by atoms with Crippen LogP contribution in [0.3, 0.4) is 0 Å². The third-order valence-corrected chi connectivity index (χ3v) is 6.60. The van der Waals surface area contributed by atoms with Gasteiger partial charge in [0.25, 0.3) is 0 Å². The highest BCUT2D eigenvalue weighted by Gasteiger charge is 2.23. The monoisotopic (exact) mass is 397 g/mol. The third-order valence-electron chi connectivity index (χ3n) is 6.60. The Hall–Kier alpha value is -2.38. The van der Waals surface area contributed by atoms with E-state index in [1.54, 1.807) is 5.57 Å². The van der Waals surface area contributed by atoms with Gasteiger partial charge in [0.05, 0.1) is 0 Å². The molecule has 1 aromatic rings. The number of allylic oxidation sites excluding steroid dienone is 11. The Bertz CT molecular complexity index is 903. The number of nitrogens with zero attached hydrogens (tertiary/aromatic N) is 1. The van der Waals surface area contributed by atoms with Crippen molar-refractivity contribution in [1.29, 1.82) is 0 Å². The minimum Gasteiger partial charge on any atom is -0.300 e. The fourth-order valence-electron chi connectivity index (χ4n) is 4.61. The first kappa shape index (κ1) is 20.9. The minimum atomic E-state index is 0.518. The Labute approximate surface area is 182 Å². The maximum atomic E-state index is 2.55. The molecule has 0 saturated carbocycles. The number of hydrogen-bond acceptors (Lipinski definition) is 1. The summed E-state index contributed by atoms with van der Waals surface area (Å²) in [6, 6.07) is 11.1. The zero-order valence-corrected chi connectivity index (χ0v) is 18.6. The van der Waals surface area contributed by atoms with E-state index < -0.39 is 0 Å². The van der Waals surface area contributed by atoms with E-state index in [0.717, 1.165) is 25.7 Å². The first-order chi connectivity index (χ1) is 14.8. The van der Waals surface area contributed by atoms with E-state index in [-0.39, 0.29) is 0 Å². The van der Waals surface area contributed by atoms with Crippen molar-refractivity contribution in [1.82, 2.24) is 4.90 Å². The van der Waals surface area contributed by atoms with E-state index in [1.165, 1.54) is 41.9 Å². The van der Waals surface area contributed by atoms with E-state index in [0.29, 0.717) is 11.8 Å². The van der Waals surface area contributed by atoms with Crippen molar-refractivity contribution in [3.63, 3.8) is 0 Å². The molecule has 0 radical (unpaired) electrons. The lowest BCUT2D eigenvalue weighted by molar-refractivity contribution is 0.555.